The van der Waals surface area contributed by atoms with Crippen molar-refractivity contribution in [2.24, 2.45) is 0 Å². The van der Waals surface area contributed by atoms with Gasteiger partial charge in [-0.05, 0) is 66.1 Å². The van der Waals surface area contributed by atoms with Crippen molar-refractivity contribution in [1.82, 2.24) is 5.32 Å². The van der Waals surface area contributed by atoms with Crippen LogP contribution in [0.3, 0.4) is 0 Å². The smallest absolute Gasteiger partial charge is 0.162 e. The third kappa shape index (κ3) is 6.74. The highest BCUT2D eigenvalue weighted by Crippen LogP contribution is 2.33. The van der Waals surface area contributed by atoms with Crippen LogP contribution in [0.25, 0.3) is 0 Å². The molecule has 8 nitrogen and oxygen atoms in total. The van der Waals surface area contributed by atoms with Crippen molar-refractivity contribution in [3.63, 3.8) is 0 Å². The number of fused-ring (bicyclic) bond motifs is 1. The van der Waals surface area contributed by atoms with E-state index in [0.29, 0.717) is 61.1 Å². The minimum atomic E-state index is -0.751. The lowest BCUT2D eigenvalue weighted by molar-refractivity contribution is 0.00266. The number of phenols is 1. The summed E-state index contributed by atoms with van der Waals surface area (Å²) in [6.45, 7) is 1.87. The Morgan fingerprint density at radius 3 is 2.81 bits per heavy atom. The van der Waals surface area contributed by atoms with Crippen LogP contribution >= 0.6 is 0 Å². The van der Waals surface area contributed by atoms with Crippen LogP contribution in [0.4, 0.5) is 0 Å². The number of aromatic hydroxyl groups is 1. The maximum Gasteiger partial charge on any atom is 0.162 e. The summed E-state index contributed by atoms with van der Waals surface area (Å²) < 4.78 is 17.7. The Morgan fingerprint density at radius 2 is 1.97 bits per heavy atom. The molecule has 8 heteroatoms. The Hall–Kier alpha value is -3.61. The number of ether oxygens (including phenoxy) is 3. The summed E-state index contributed by atoms with van der Waals surface area (Å²) in [6, 6.07) is 20.0. The molecule has 188 valence electrons. The summed E-state index contributed by atoms with van der Waals surface area (Å²) in [4.78, 5) is 0. The summed E-state index contributed by atoms with van der Waals surface area (Å²) in [6.07, 6.45) is -0.245. The first-order valence-electron chi connectivity index (χ1n) is 11.9. The van der Waals surface area contributed by atoms with Gasteiger partial charge in [0.05, 0.1) is 37.6 Å². The van der Waals surface area contributed by atoms with E-state index in [1.54, 1.807) is 18.2 Å². The van der Waals surface area contributed by atoms with E-state index < -0.39 is 6.10 Å². The maximum absolute atomic E-state index is 10.4. The van der Waals surface area contributed by atoms with Crippen LogP contribution in [0.2, 0.25) is 0 Å². The minimum absolute atomic E-state index is 0.0132. The van der Waals surface area contributed by atoms with Gasteiger partial charge in [0.25, 0.3) is 0 Å². The Morgan fingerprint density at radius 1 is 1.08 bits per heavy atom. The molecule has 0 aromatic heterocycles. The molecule has 0 saturated heterocycles. The van der Waals surface area contributed by atoms with Crippen molar-refractivity contribution in [3.8, 4) is 23.3 Å². The number of hydrogen-bond donors (Lipinski definition) is 4. The lowest BCUT2D eigenvalue weighted by atomic mass is 10.1. The molecule has 1 unspecified atom stereocenters. The van der Waals surface area contributed by atoms with Crippen LogP contribution in [-0.2, 0) is 24.4 Å². The summed E-state index contributed by atoms with van der Waals surface area (Å²) in [5.74, 6) is 1.39. The highest BCUT2D eigenvalue weighted by molar-refractivity contribution is 5.44. The van der Waals surface area contributed by atoms with Gasteiger partial charge in [-0.3, -0.25) is 0 Å². The number of nitriles is 1. The van der Waals surface area contributed by atoms with Gasteiger partial charge in [-0.1, -0.05) is 24.3 Å². The largest absolute Gasteiger partial charge is 0.508 e. The molecule has 0 amide bonds. The summed E-state index contributed by atoms with van der Waals surface area (Å²) >= 11 is 0. The Balaban J connectivity index is 1.22. The second-order valence-electron chi connectivity index (χ2n) is 8.68. The van der Waals surface area contributed by atoms with Crippen molar-refractivity contribution in [3.05, 3.63) is 88.5 Å². The minimum Gasteiger partial charge on any atom is -0.508 e. The number of hydrogen-bond acceptors (Lipinski definition) is 8. The van der Waals surface area contributed by atoms with E-state index in [2.05, 4.69) is 11.4 Å². The molecular formula is C28H30N2O6. The molecule has 1 heterocycles. The average Bonchev–Trinajstić information content (AvgIpc) is 2.91. The number of rotatable bonds is 11. The van der Waals surface area contributed by atoms with Crippen molar-refractivity contribution in [2.45, 2.75) is 31.8 Å². The summed E-state index contributed by atoms with van der Waals surface area (Å²) in [5.41, 5.74) is 3.64. The first-order chi connectivity index (χ1) is 17.6. The van der Waals surface area contributed by atoms with E-state index in [0.717, 1.165) is 17.5 Å². The maximum atomic E-state index is 10.4. The number of benzene rings is 3. The molecule has 3 aromatic carbocycles. The van der Waals surface area contributed by atoms with Crippen LogP contribution in [0.5, 0.6) is 17.2 Å². The van der Waals surface area contributed by atoms with Crippen molar-refractivity contribution >= 4 is 0 Å². The zero-order valence-electron chi connectivity index (χ0n) is 19.9. The Bertz CT molecular complexity index is 1210. The molecule has 0 spiro atoms. The summed E-state index contributed by atoms with van der Waals surface area (Å²) in [5, 5.41) is 41.6. The van der Waals surface area contributed by atoms with E-state index in [9.17, 15) is 15.3 Å². The molecule has 1 aliphatic heterocycles. The second kappa shape index (κ2) is 12.4. The van der Waals surface area contributed by atoms with Crippen molar-refractivity contribution < 1.29 is 29.5 Å². The molecule has 4 rings (SSSR count). The third-order valence-corrected chi connectivity index (χ3v) is 5.94. The molecule has 2 atom stereocenters. The van der Waals surface area contributed by atoms with Gasteiger partial charge in [0.1, 0.15) is 12.4 Å². The predicted molar refractivity (Wildman–Crippen MR) is 133 cm³/mol. The van der Waals surface area contributed by atoms with Gasteiger partial charge in [-0.25, -0.2) is 0 Å². The van der Waals surface area contributed by atoms with E-state index in [4.69, 9.17) is 19.5 Å². The van der Waals surface area contributed by atoms with Gasteiger partial charge in [0.15, 0.2) is 17.6 Å². The highest BCUT2D eigenvalue weighted by Gasteiger charge is 2.21. The molecule has 1 aliphatic rings. The quantitative estimate of drug-likeness (QED) is 0.303. The zero-order valence-corrected chi connectivity index (χ0v) is 19.9. The fourth-order valence-electron chi connectivity index (χ4n) is 3.97. The van der Waals surface area contributed by atoms with Crippen molar-refractivity contribution in [2.75, 3.05) is 26.3 Å². The monoisotopic (exact) mass is 490 g/mol. The molecule has 0 saturated carbocycles. The first kappa shape index (κ1) is 25.5. The highest BCUT2D eigenvalue weighted by atomic mass is 16.6. The van der Waals surface area contributed by atoms with E-state index in [1.165, 1.54) is 6.07 Å². The number of nitrogens with one attached hydrogen (secondary N) is 1. The number of aliphatic hydroxyl groups excluding tert-OH is 2. The molecule has 0 radical (unpaired) electrons. The molecule has 0 bridgehead atoms. The standard InChI is InChI=1S/C28H30N2O6/c29-13-20-2-1-3-21(10-20)16-34-17-24-18-35-27-7-4-19(11-28(27)36-24)8-9-30-14-26(33)22-5-6-25(32)23(12-22)15-31/h1-7,10-12,24,26,30-33H,8-9,14-18H2/t24?,26-/m0/s1. The number of nitrogens with zero attached hydrogens (tertiary/aromatic N) is 1. The average molecular weight is 491 g/mol. The van der Waals surface area contributed by atoms with Gasteiger partial charge in [-0.15, -0.1) is 0 Å². The second-order valence-corrected chi connectivity index (χ2v) is 8.68. The molecule has 0 aliphatic carbocycles. The molecular weight excluding hydrogens is 460 g/mol. The van der Waals surface area contributed by atoms with E-state index in [-0.39, 0.29) is 18.5 Å². The van der Waals surface area contributed by atoms with Crippen LogP contribution < -0.4 is 14.8 Å². The van der Waals surface area contributed by atoms with Gasteiger partial charge < -0.3 is 34.8 Å². The van der Waals surface area contributed by atoms with Crippen molar-refractivity contribution in [1.29, 1.82) is 5.26 Å². The van der Waals surface area contributed by atoms with Gasteiger partial charge >= 0.3 is 0 Å². The van der Waals surface area contributed by atoms with E-state index in [1.807, 2.05) is 36.4 Å². The van der Waals surface area contributed by atoms with Crippen LogP contribution in [0.1, 0.15) is 33.9 Å². The first-order valence-corrected chi connectivity index (χ1v) is 11.9. The zero-order chi connectivity index (χ0) is 25.3. The molecule has 0 fully saturated rings. The van der Waals surface area contributed by atoms with Gasteiger partial charge in [-0.2, -0.15) is 5.26 Å². The van der Waals surface area contributed by atoms with Gasteiger partial charge in [0.2, 0.25) is 0 Å². The Kier molecular flexibility index (Phi) is 8.76. The van der Waals surface area contributed by atoms with Crippen LogP contribution in [0.15, 0.2) is 60.7 Å². The SMILES string of the molecule is N#Cc1cccc(COCC2COc3ccc(CCNC[C@H](O)c4ccc(O)c(CO)c4)cc3O2)c1. The van der Waals surface area contributed by atoms with Crippen LogP contribution in [-0.4, -0.2) is 47.7 Å². The number of aliphatic hydroxyl groups is 2. The lowest BCUT2D eigenvalue weighted by Crippen LogP contribution is -2.33. The topological polar surface area (TPSA) is 124 Å². The van der Waals surface area contributed by atoms with Crippen LogP contribution in [0, 0.1) is 11.3 Å². The molecule has 36 heavy (non-hydrogen) atoms. The lowest BCUT2D eigenvalue weighted by Gasteiger charge is -2.27. The fraction of sp³-hybridized carbons (Fsp3) is 0.321. The fourth-order valence-corrected chi connectivity index (χ4v) is 3.97. The Labute approximate surface area is 210 Å². The normalized spacial score (nSPS) is 15.3. The molecule has 3 aromatic rings. The third-order valence-electron chi connectivity index (χ3n) is 5.94. The predicted octanol–water partition coefficient (Wildman–Crippen LogP) is 2.98. The van der Waals surface area contributed by atoms with E-state index >= 15 is 0 Å². The van der Waals surface area contributed by atoms with Gasteiger partial charge in [0, 0.05) is 12.1 Å². The molecule has 4 N–H and O–H groups in total. The summed E-state index contributed by atoms with van der Waals surface area (Å²) in [7, 11) is 0.